The summed E-state index contributed by atoms with van der Waals surface area (Å²) in [5.41, 5.74) is 5.75. The average molecular weight is 223 g/mol. The molecule has 1 atom stereocenters. The molecule has 1 unspecified atom stereocenters. The van der Waals surface area contributed by atoms with Crippen LogP contribution in [0.1, 0.15) is 42.6 Å². The van der Waals surface area contributed by atoms with Crippen LogP contribution in [0.5, 0.6) is 0 Å². The molecule has 0 spiro atoms. The Morgan fingerprint density at radius 1 is 1.62 bits per heavy atom. The van der Waals surface area contributed by atoms with Crippen LogP contribution in [0, 0.1) is 0 Å². The van der Waals surface area contributed by atoms with Gasteiger partial charge in [-0.15, -0.1) is 5.10 Å². The molecule has 2 heterocycles. The summed E-state index contributed by atoms with van der Waals surface area (Å²) in [4.78, 5) is 17.8. The summed E-state index contributed by atoms with van der Waals surface area (Å²) in [5.74, 6) is 1.11. The van der Waals surface area contributed by atoms with Gasteiger partial charge in [-0.1, -0.05) is 13.8 Å². The highest BCUT2D eigenvalue weighted by atomic mass is 16.2. The van der Waals surface area contributed by atoms with E-state index < -0.39 is 0 Å². The molecule has 1 aliphatic rings. The molecule has 2 rings (SSSR count). The minimum atomic E-state index is -0.129. The first-order valence-corrected chi connectivity index (χ1v) is 5.55. The number of aromatic amines is 1. The van der Waals surface area contributed by atoms with E-state index in [-0.39, 0.29) is 23.7 Å². The molecular weight excluding hydrogens is 206 g/mol. The van der Waals surface area contributed by atoms with E-state index in [1.54, 1.807) is 4.90 Å². The van der Waals surface area contributed by atoms with Crippen molar-refractivity contribution in [3.63, 3.8) is 0 Å². The number of aromatic nitrogens is 3. The number of hydrogen-bond acceptors (Lipinski definition) is 4. The number of carbonyl (C=O) groups is 1. The smallest absolute Gasteiger partial charge is 0.293 e. The van der Waals surface area contributed by atoms with Crippen LogP contribution in [-0.2, 0) is 0 Å². The lowest BCUT2D eigenvalue weighted by Gasteiger charge is -2.12. The zero-order valence-corrected chi connectivity index (χ0v) is 9.60. The largest absolute Gasteiger partial charge is 0.334 e. The first-order chi connectivity index (χ1) is 7.58. The van der Waals surface area contributed by atoms with Gasteiger partial charge in [-0.2, -0.15) is 0 Å². The fraction of sp³-hybridized carbons (Fsp3) is 0.700. The number of nitrogens with one attached hydrogen (secondary N) is 1. The van der Waals surface area contributed by atoms with Crippen molar-refractivity contribution in [3.05, 3.63) is 11.6 Å². The van der Waals surface area contributed by atoms with Gasteiger partial charge in [0.15, 0.2) is 0 Å². The Morgan fingerprint density at radius 2 is 2.38 bits per heavy atom. The van der Waals surface area contributed by atoms with Gasteiger partial charge in [0.25, 0.3) is 5.91 Å². The van der Waals surface area contributed by atoms with Crippen molar-refractivity contribution in [1.82, 2.24) is 20.1 Å². The molecule has 1 saturated heterocycles. The highest BCUT2D eigenvalue weighted by molar-refractivity contribution is 5.90. The molecule has 0 bridgehead atoms. The Labute approximate surface area is 94.2 Å². The molecule has 1 amide bonds. The predicted octanol–water partition coefficient (Wildman–Crippen LogP) is 0.101. The van der Waals surface area contributed by atoms with Crippen LogP contribution in [0.25, 0.3) is 0 Å². The summed E-state index contributed by atoms with van der Waals surface area (Å²) in [6.07, 6.45) is 0.854. The summed E-state index contributed by atoms with van der Waals surface area (Å²) in [6.45, 7) is 5.30. The number of nitrogens with zero attached hydrogens (tertiary/aromatic N) is 3. The van der Waals surface area contributed by atoms with Crippen LogP contribution in [0.3, 0.4) is 0 Å². The summed E-state index contributed by atoms with van der Waals surface area (Å²) in [6, 6.07) is 0.0902. The third kappa shape index (κ3) is 2.06. The van der Waals surface area contributed by atoms with Crippen LogP contribution >= 0.6 is 0 Å². The minimum absolute atomic E-state index is 0.0902. The quantitative estimate of drug-likeness (QED) is 0.744. The van der Waals surface area contributed by atoms with Gasteiger partial charge >= 0.3 is 0 Å². The molecular formula is C10H17N5O. The van der Waals surface area contributed by atoms with Crippen molar-refractivity contribution >= 4 is 5.91 Å². The number of H-pyrrole nitrogens is 1. The molecule has 16 heavy (non-hydrogen) atoms. The molecule has 1 aromatic heterocycles. The lowest BCUT2D eigenvalue weighted by molar-refractivity contribution is 0.0779. The number of hydrogen-bond donors (Lipinski definition) is 2. The molecule has 0 saturated carbocycles. The zero-order valence-electron chi connectivity index (χ0n) is 9.60. The Balaban J connectivity index is 2.09. The fourth-order valence-corrected chi connectivity index (χ4v) is 1.74. The van der Waals surface area contributed by atoms with Gasteiger partial charge in [0.1, 0.15) is 5.82 Å². The van der Waals surface area contributed by atoms with E-state index in [9.17, 15) is 4.79 Å². The molecule has 6 nitrogen and oxygen atoms in total. The average Bonchev–Trinajstić information content (AvgIpc) is 2.84. The maximum absolute atomic E-state index is 12.0. The second-order valence-corrected chi connectivity index (χ2v) is 4.50. The fourth-order valence-electron chi connectivity index (χ4n) is 1.74. The number of nitrogens with two attached hydrogens (primary N) is 1. The van der Waals surface area contributed by atoms with Gasteiger partial charge in [0.05, 0.1) is 0 Å². The number of rotatable bonds is 2. The van der Waals surface area contributed by atoms with Crippen molar-refractivity contribution < 1.29 is 4.79 Å². The Kier molecular flexibility index (Phi) is 2.91. The first kappa shape index (κ1) is 11.1. The molecule has 1 aromatic rings. The number of amides is 1. The summed E-state index contributed by atoms with van der Waals surface area (Å²) >= 11 is 0. The molecule has 1 aliphatic heterocycles. The van der Waals surface area contributed by atoms with E-state index in [2.05, 4.69) is 15.2 Å². The van der Waals surface area contributed by atoms with Gasteiger partial charge in [0, 0.05) is 25.0 Å². The maximum Gasteiger partial charge on any atom is 0.293 e. The highest BCUT2D eigenvalue weighted by Crippen LogP contribution is 2.12. The number of likely N-dealkylation sites (tertiary alicyclic amines) is 1. The van der Waals surface area contributed by atoms with Gasteiger partial charge in [-0.05, 0) is 6.42 Å². The van der Waals surface area contributed by atoms with Gasteiger partial charge in [-0.3, -0.25) is 9.89 Å². The molecule has 0 radical (unpaired) electrons. The normalized spacial score (nSPS) is 20.8. The predicted molar refractivity (Wildman–Crippen MR) is 59.0 cm³/mol. The highest BCUT2D eigenvalue weighted by Gasteiger charge is 2.27. The van der Waals surface area contributed by atoms with Crippen LogP contribution in [0.15, 0.2) is 0 Å². The van der Waals surface area contributed by atoms with E-state index in [4.69, 9.17) is 5.73 Å². The molecule has 1 fully saturated rings. The molecule has 6 heteroatoms. The van der Waals surface area contributed by atoms with Crippen molar-refractivity contribution in [2.45, 2.75) is 32.2 Å². The Bertz CT molecular complexity index is 386. The summed E-state index contributed by atoms with van der Waals surface area (Å²) < 4.78 is 0. The second-order valence-electron chi connectivity index (χ2n) is 4.50. The van der Waals surface area contributed by atoms with Crippen LogP contribution in [0.4, 0.5) is 0 Å². The Morgan fingerprint density at radius 3 is 2.88 bits per heavy atom. The van der Waals surface area contributed by atoms with Crippen molar-refractivity contribution in [2.75, 3.05) is 13.1 Å². The third-order valence-corrected chi connectivity index (χ3v) is 2.75. The van der Waals surface area contributed by atoms with Gasteiger partial charge in [0.2, 0.25) is 5.82 Å². The lowest BCUT2D eigenvalue weighted by Crippen LogP contribution is -2.32. The topological polar surface area (TPSA) is 87.9 Å². The SMILES string of the molecule is CC(C)c1nc(C(=O)N2CCC(N)C2)n[nH]1. The standard InChI is InChI=1S/C10H17N5O/c1-6(2)8-12-9(14-13-8)10(16)15-4-3-7(11)5-15/h6-7H,3-5,11H2,1-2H3,(H,12,13,14). The van der Waals surface area contributed by atoms with Crippen molar-refractivity contribution in [1.29, 1.82) is 0 Å². The Hall–Kier alpha value is -1.43. The van der Waals surface area contributed by atoms with Crippen LogP contribution in [0.2, 0.25) is 0 Å². The van der Waals surface area contributed by atoms with Crippen molar-refractivity contribution in [3.8, 4) is 0 Å². The van der Waals surface area contributed by atoms with Gasteiger partial charge in [-0.25, -0.2) is 4.98 Å². The van der Waals surface area contributed by atoms with Crippen LogP contribution < -0.4 is 5.73 Å². The van der Waals surface area contributed by atoms with E-state index in [1.807, 2.05) is 13.8 Å². The summed E-state index contributed by atoms with van der Waals surface area (Å²) in [7, 11) is 0. The molecule has 0 aromatic carbocycles. The van der Waals surface area contributed by atoms with Crippen LogP contribution in [-0.4, -0.2) is 45.1 Å². The lowest BCUT2D eigenvalue weighted by atomic mass is 10.2. The molecule has 0 aliphatic carbocycles. The number of carbonyl (C=O) groups excluding carboxylic acids is 1. The maximum atomic E-state index is 12.0. The first-order valence-electron chi connectivity index (χ1n) is 5.55. The molecule has 3 N–H and O–H groups in total. The van der Waals surface area contributed by atoms with E-state index in [0.717, 1.165) is 12.2 Å². The van der Waals surface area contributed by atoms with Gasteiger partial charge < -0.3 is 10.6 Å². The molecule has 88 valence electrons. The monoisotopic (exact) mass is 223 g/mol. The van der Waals surface area contributed by atoms with E-state index >= 15 is 0 Å². The minimum Gasteiger partial charge on any atom is -0.334 e. The second kappa shape index (κ2) is 4.21. The van der Waals surface area contributed by atoms with Crippen molar-refractivity contribution in [2.24, 2.45) is 5.73 Å². The zero-order chi connectivity index (χ0) is 11.7. The summed E-state index contributed by atoms with van der Waals surface area (Å²) in [5, 5.41) is 6.72. The van der Waals surface area contributed by atoms with E-state index in [1.165, 1.54) is 0 Å². The third-order valence-electron chi connectivity index (χ3n) is 2.75. The van der Waals surface area contributed by atoms with E-state index in [0.29, 0.717) is 13.1 Å².